The van der Waals surface area contributed by atoms with Crippen molar-refractivity contribution in [2.24, 2.45) is 40.4 Å². The molecular formula is C33H56O3. The standard InChI is InChI=1S/C33H56O3/c1-6-8-9-10-11-12-13-25-15-17-29-28-16-14-26-22-27(36-31(34)35-23-24(3)7-2)18-20-33(26,5)30(28)19-21-32(25,29)4/h14,24-25,27-30H,6-13,15-23H2,1-5H3/t24-,25+,27-,28-,29+,30-,32+,33-/m0/s1. The smallest absolute Gasteiger partial charge is 0.434 e. The molecule has 0 aromatic rings. The lowest BCUT2D eigenvalue weighted by molar-refractivity contribution is -0.0568. The zero-order chi connectivity index (χ0) is 25.8. The highest BCUT2D eigenvalue weighted by atomic mass is 16.7. The predicted molar refractivity (Wildman–Crippen MR) is 149 cm³/mol. The Kier molecular flexibility index (Phi) is 9.54. The van der Waals surface area contributed by atoms with Gasteiger partial charge in [-0.3, -0.25) is 0 Å². The van der Waals surface area contributed by atoms with Crippen molar-refractivity contribution in [3.63, 3.8) is 0 Å². The van der Waals surface area contributed by atoms with Crippen LogP contribution in [0, 0.1) is 40.4 Å². The molecule has 0 aliphatic heterocycles. The Morgan fingerprint density at radius 3 is 2.56 bits per heavy atom. The zero-order valence-electron chi connectivity index (χ0n) is 24.3. The number of allylic oxidation sites excluding steroid dienone is 1. The van der Waals surface area contributed by atoms with Crippen LogP contribution < -0.4 is 0 Å². The minimum absolute atomic E-state index is 0.00708. The van der Waals surface area contributed by atoms with Crippen LogP contribution >= 0.6 is 0 Å². The van der Waals surface area contributed by atoms with Crippen LogP contribution in [0.4, 0.5) is 4.79 Å². The van der Waals surface area contributed by atoms with Gasteiger partial charge in [-0.25, -0.2) is 4.79 Å². The van der Waals surface area contributed by atoms with Gasteiger partial charge in [-0.1, -0.05) is 91.2 Å². The summed E-state index contributed by atoms with van der Waals surface area (Å²) in [5.74, 6) is 3.95. The highest BCUT2D eigenvalue weighted by Crippen LogP contribution is 2.66. The second-order valence-corrected chi connectivity index (χ2v) is 13.7. The largest absolute Gasteiger partial charge is 0.508 e. The van der Waals surface area contributed by atoms with E-state index in [-0.39, 0.29) is 6.10 Å². The van der Waals surface area contributed by atoms with Crippen molar-refractivity contribution in [2.45, 2.75) is 143 Å². The van der Waals surface area contributed by atoms with Crippen LogP contribution in [0.2, 0.25) is 0 Å². The normalized spacial score (nSPS) is 38.4. The van der Waals surface area contributed by atoms with Gasteiger partial charge in [0, 0.05) is 6.42 Å². The van der Waals surface area contributed by atoms with Crippen molar-refractivity contribution < 1.29 is 14.3 Å². The van der Waals surface area contributed by atoms with E-state index in [0.717, 1.165) is 49.4 Å². The molecule has 0 spiro atoms. The Balaban J connectivity index is 1.32. The number of unbranched alkanes of at least 4 members (excludes halogenated alkanes) is 5. The van der Waals surface area contributed by atoms with E-state index in [4.69, 9.17) is 9.47 Å². The fourth-order valence-corrected chi connectivity index (χ4v) is 8.98. The van der Waals surface area contributed by atoms with Crippen LogP contribution in [0.25, 0.3) is 0 Å². The summed E-state index contributed by atoms with van der Waals surface area (Å²) < 4.78 is 11.2. The van der Waals surface area contributed by atoms with Crippen molar-refractivity contribution in [1.82, 2.24) is 0 Å². The first-order chi connectivity index (χ1) is 17.3. The van der Waals surface area contributed by atoms with Gasteiger partial charge in [0.15, 0.2) is 0 Å². The van der Waals surface area contributed by atoms with E-state index in [9.17, 15) is 4.79 Å². The minimum atomic E-state index is -0.464. The molecule has 0 bridgehead atoms. The second kappa shape index (κ2) is 12.2. The van der Waals surface area contributed by atoms with E-state index in [0.29, 0.717) is 23.4 Å². The second-order valence-electron chi connectivity index (χ2n) is 13.7. The molecule has 3 saturated carbocycles. The quantitative estimate of drug-likeness (QED) is 0.161. The molecule has 206 valence electrons. The topological polar surface area (TPSA) is 35.5 Å². The third-order valence-corrected chi connectivity index (χ3v) is 11.6. The SMILES string of the molecule is CCCCCCCC[C@@H]1CC[C@@H]2[C@@H]3CC=C4C[C@@H](OC(=O)OC[C@@H](C)CC)CC[C@]4(C)[C@H]3CC[C@]12C. The first-order valence-electron chi connectivity index (χ1n) is 15.8. The lowest BCUT2D eigenvalue weighted by atomic mass is 9.47. The highest BCUT2D eigenvalue weighted by Gasteiger charge is 2.58. The molecule has 3 fully saturated rings. The van der Waals surface area contributed by atoms with E-state index in [1.807, 2.05) is 0 Å². The summed E-state index contributed by atoms with van der Waals surface area (Å²) in [6.45, 7) is 12.2. The summed E-state index contributed by atoms with van der Waals surface area (Å²) in [4.78, 5) is 12.3. The molecule has 0 heterocycles. The fourth-order valence-electron chi connectivity index (χ4n) is 8.98. The number of ether oxygens (including phenoxy) is 2. The van der Waals surface area contributed by atoms with Crippen molar-refractivity contribution in [3.05, 3.63) is 11.6 Å². The van der Waals surface area contributed by atoms with Crippen LogP contribution in [0.5, 0.6) is 0 Å². The summed E-state index contributed by atoms with van der Waals surface area (Å²) in [6.07, 6.45) is 23.2. The first kappa shape index (κ1) is 28.0. The van der Waals surface area contributed by atoms with Crippen molar-refractivity contribution >= 4 is 6.16 Å². The van der Waals surface area contributed by atoms with Crippen LogP contribution in [0.3, 0.4) is 0 Å². The van der Waals surface area contributed by atoms with Crippen LogP contribution in [-0.4, -0.2) is 18.9 Å². The molecule has 4 rings (SSSR count). The minimum Gasteiger partial charge on any atom is -0.434 e. The molecule has 0 aromatic carbocycles. The summed E-state index contributed by atoms with van der Waals surface area (Å²) in [7, 11) is 0. The summed E-state index contributed by atoms with van der Waals surface area (Å²) in [5, 5.41) is 0. The van der Waals surface area contributed by atoms with E-state index in [2.05, 4.69) is 40.7 Å². The number of fused-ring (bicyclic) bond motifs is 5. The van der Waals surface area contributed by atoms with Crippen LogP contribution in [0.15, 0.2) is 11.6 Å². The van der Waals surface area contributed by atoms with Crippen molar-refractivity contribution in [1.29, 1.82) is 0 Å². The number of hydrogen-bond donors (Lipinski definition) is 0. The molecule has 0 N–H and O–H groups in total. The molecule has 0 aromatic heterocycles. The lowest BCUT2D eigenvalue weighted by Gasteiger charge is -2.58. The average molecular weight is 501 g/mol. The van der Waals surface area contributed by atoms with Crippen LogP contribution in [0.1, 0.15) is 137 Å². The molecule has 36 heavy (non-hydrogen) atoms. The molecule has 0 saturated heterocycles. The maximum atomic E-state index is 12.3. The number of carbonyl (C=O) groups is 1. The summed E-state index contributed by atoms with van der Waals surface area (Å²) in [6, 6.07) is 0. The van der Waals surface area contributed by atoms with Gasteiger partial charge in [0.05, 0.1) is 6.61 Å². The number of carbonyl (C=O) groups excluding carboxylic acids is 1. The maximum Gasteiger partial charge on any atom is 0.508 e. The number of rotatable bonds is 11. The van der Waals surface area contributed by atoms with Gasteiger partial charge in [0.25, 0.3) is 0 Å². The van der Waals surface area contributed by atoms with Crippen LogP contribution in [-0.2, 0) is 9.47 Å². The Morgan fingerprint density at radius 2 is 1.78 bits per heavy atom. The lowest BCUT2D eigenvalue weighted by Crippen LogP contribution is -2.50. The highest BCUT2D eigenvalue weighted by molar-refractivity contribution is 5.60. The molecule has 4 aliphatic rings. The number of hydrogen-bond acceptors (Lipinski definition) is 3. The van der Waals surface area contributed by atoms with Crippen molar-refractivity contribution in [3.8, 4) is 0 Å². The molecule has 0 unspecified atom stereocenters. The Labute approximate surface area is 222 Å². The van der Waals surface area contributed by atoms with Gasteiger partial charge in [-0.2, -0.15) is 0 Å². The van der Waals surface area contributed by atoms with Gasteiger partial charge in [-0.05, 0) is 91.8 Å². The monoisotopic (exact) mass is 500 g/mol. The molecule has 3 heteroatoms. The Hall–Kier alpha value is -0.990. The van der Waals surface area contributed by atoms with E-state index in [1.165, 1.54) is 77.0 Å². The Bertz CT molecular complexity index is 758. The van der Waals surface area contributed by atoms with E-state index >= 15 is 0 Å². The van der Waals surface area contributed by atoms with Gasteiger partial charge in [0.2, 0.25) is 0 Å². The third-order valence-electron chi connectivity index (χ3n) is 11.6. The van der Waals surface area contributed by atoms with Gasteiger partial charge in [-0.15, -0.1) is 0 Å². The molecular weight excluding hydrogens is 444 g/mol. The fraction of sp³-hybridized carbons (Fsp3) is 0.909. The molecule has 4 aliphatic carbocycles. The van der Waals surface area contributed by atoms with E-state index in [1.54, 1.807) is 5.57 Å². The molecule has 3 nitrogen and oxygen atoms in total. The van der Waals surface area contributed by atoms with Crippen molar-refractivity contribution in [2.75, 3.05) is 6.61 Å². The molecule has 0 radical (unpaired) electrons. The van der Waals surface area contributed by atoms with Gasteiger partial charge < -0.3 is 9.47 Å². The average Bonchev–Trinajstić information content (AvgIpc) is 3.21. The zero-order valence-corrected chi connectivity index (χ0v) is 24.3. The maximum absolute atomic E-state index is 12.3. The molecule has 8 atom stereocenters. The summed E-state index contributed by atoms with van der Waals surface area (Å²) >= 11 is 0. The van der Waals surface area contributed by atoms with E-state index < -0.39 is 6.16 Å². The summed E-state index contributed by atoms with van der Waals surface area (Å²) in [5.41, 5.74) is 2.47. The van der Waals surface area contributed by atoms with Gasteiger partial charge >= 0.3 is 6.16 Å². The van der Waals surface area contributed by atoms with Gasteiger partial charge in [0.1, 0.15) is 6.10 Å². The third kappa shape index (κ3) is 5.85. The first-order valence-corrected chi connectivity index (χ1v) is 15.8. The Morgan fingerprint density at radius 1 is 1.00 bits per heavy atom. The molecule has 0 amide bonds. The predicted octanol–water partition coefficient (Wildman–Crippen LogP) is 9.88.